The number of hydrogen-bond acceptors (Lipinski definition) is 3. The number of nitrogens with two attached hydrogens (primary N) is 1. The van der Waals surface area contributed by atoms with Crippen LogP contribution in [-0.4, -0.2) is 35.8 Å². The Hall–Kier alpha value is -1.88. The van der Waals surface area contributed by atoms with Crippen LogP contribution in [0.5, 0.6) is 0 Å². The zero-order valence-corrected chi connectivity index (χ0v) is 11.3. The fraction of sp³-hybridized carbons (Fsp3) is 0.467. The molecule has 0 aromatic heterocycles. The largest absolute Gasteiger partial charge is 0.368 e. The van der Waals surface area contributed by atoms with Gasteiger partial charge in [0.1, 0.15) is 6.04 Å². The number of carbonyl (C=O) groups excluding carboxylic acids is 2. The molecular weight excluding hydrogens is 254 g/mol. The number of nitrogens with one attached hydrogen (secondary N) is 1. The van der Waals surface area contributed by atoms with Gasteiger partial charge in [0.25, 0.3) is 0 Å². The van der Waals surface area contributed by atoms with Crippen LogP contribution in [0.4, 0.5) is 0 Å². The molecule has 3 rings (SSSR count). The summed E-state index contributed by atoms with van der Waals surface area (Å²) in [5.41, 5.74) is 7.73. The molecule has 3 N–H and O–H groups in total. The molecule has 2 aliphatic heterocycles. The van der Waals surface area contributed by atoms with Gasteiger partial charge >= 0.3 is 0 Å². The first-order valence-electron chi connectivity index (χ1n) is 7.04. The molecule has 106 valence electrons. The molecule has 1 fully saturated rings. The van der Waals surface area contributed by atoms with E-state index in [1.807, 2.05) is 24.3 Å². The Morgan fingerprint density at radius 1 is 1.25 bits per heavy atom. The molecule has 5 nitrogen and oxygen atoms in total. The van der Waals surface area contributed by atoms with Crippen molar-refractivity contribution < 1.29 is 9.59 Å². The van der Waals surface area contributed by atoms with Gasteiger partial charge < -0.3 is 16.0 Å². The first-order chi connectivity index (χ1) is 9.66. The summed E-state index contributed by atoms with van der Waals surface area (Å²) in [5, 5.41) is 3.19. The third kappa shape index (κ3) is 2.29. The summed E-state index contributed by atoms with van der Waals surface area (Å²) >= 11 is 0. The summed E-state index contributed by atoms with van der Waals surface area (Å²) in [5.74, 6) is -0.394. The van der Waals surface area contributed by atoms with Gasteiger partial charge in [-0.2, -0.15) is 0 Å². The quantitative estimate of drug-likeness (QED) is 0.798. The van der Waals surface area contributed by atoms with Gasteiger partial charge in [0.15, 0.2) is 0 Å². The normalized spacial score (nSPS) is 25.3. The monoisotopic (exact) mass is 273 g/mol. The highest BCUT2D eigenvalue weighted by atomic mass is 16.2. The average Bonchev–Trinajstić information content (AvgIpc) is 2.99. The number of amides is 2. The lowest BCUT2D eigenvalue weighted by Gasteiger charge is -2.36. The minimum atomic E-state index is -0.516. The van der Waals surface area contributed by atoms with Crippen molar-refractivity contribution in [2.45, 2.75) is 25.4 Å². The van der Waals surface area contributed by atoms with Gasteiger partial charge in [-0.25, -0.2) is 0 Å². The van der Waals surface area contributed by atoms with Crippen LogP contribution >= 0.6 is 0 Å². The number of nitrogens with zero attached hydrogens (tertiary/aromatic N) is 1. The summed E-state index contributed by atoms with van der Waals surface area (Å²) in [6, 6.07) is 7.42. The standard InChI is InChI=1S/C15H19N3O2/c16-14(19)13-7-10-3-1-2-4-12(10)9-18(13)15(20)11-5-6-17-8-11/h1-4,11,13,17H,5-9H2,(H2,16,19)/t11-,13-/m1/s1. The summed E-state index contributed by atoms with van der Waals surface area (Å²) in [7, 11) is 0. The van der Waals surface area contributed by atoms with E-state index in [0.717, 1.165) is 24.1 Å². The van der Waals surface area contributed by atoms with Gasteiger partial charge in [0.2, 0.25) is 11.8 Å². The fourth-order valence-corrected chi connectivity index (χ4v) is 3.11. The number of primary amides is 1. The van der Waals surface area contributed by atoms with E-state index < -0.39 is 11.9 Å². The Bertz CT molecular complexity index is 538. The summed E-state index contributed by atoms with van der Waals surface area (Å²) in [4.78, 5) is 26.0. The zero-order valence-electron chi connectivity index (χ0n) is 11.3. The van der Waals surface area contributed by atoms with Gasteiger partial charge in [-0.3, -0.25) is 9.59 Å². The van der Waals surface area contributed by atoms with Crippen molar-refractivity contribution in [1.29, 1.82) is 0 Å². The molecular formula is C15H19N3O2. The van der Waals surface area contributed by atoms with Crippen LogP contribution in [0.2, 0.25) is 0 Å². The van der Waals surface area contributed by atoms with Crippen molar-refractivity contribution in [2.75, 3.05) is 13.1 Å². The van der Waals surface area contributed by atoms with Crippen LogP contribution in [0.1, 0.15) is 17.5 Å². The minimum Gasteiger partial charge on any atom is -0.368 e. The van der Waals surface area contributed by atoms with E-state index >= 15 is 0 Å². The van der Waals surface area contributed by atoms with E-state index in [1.54, 1.807) is 4.90 Å². The van der Waals surface area contributed by atoms with Crippen LogP contribution in [0.15, 0.2) is 24.3 Å². The molecule has 1 saturated heterocycles. The van der Waals surface area contributed by atoms with Crippen molar-refractivity contribution in [2.24, 2.45) is 11.7 Å². The maximum absolute atomic E-state index is 12.6. The molecule has 2 aliphatic rings. The molecule has 5 heteroatoms. The second-order valence-electron chi connectivity index (χ2n) is 5.55. The van der Waals surface area contributed by atoms with E-state index in [4.69, 9.17) is 5.73 Å². The second-order valence-corrected chi connectivity index (χ2v) is 5.55. The van der Waals surface area contributed by atoms with Crippen LogP contribution in [0, 0.1) is 5.92 Å². The number of hydrogen-bond donors (Lipinski definition) is 2. The van der Waals surface area contributed by atoms with Crippen molar-refractivity contribution in [1.82, 2.24) is 10.2 Å². The number of carbonyl (C=O) groups is 2. The molecule has 0 spiro atoms. The molecule has 0 aliphatic carbocycles. The summed E-state index contributed by atoms with van der Waals surface area (Å²) < 4.78 is 0. The van der Waals surface area contributed by atoms with E-state index in [9.17, 15) is 9.59 Å². The molecule has 2 heterocycles. The van der Waals surface area contributed by atoms with Crippen LogP contribution in [0.25, 0.3) is 0 Å². The van der Waals surface area contributed by atoms with Gasteiger partial charge in [-0.05, 0) is 24.1 Å². The molecule has 0 bridgehead atoms. The molecule has 0 radical (unpaired) electrons. The maximum Gasteiger partial charge on any atom is 0.240 e. The predicted octanol–water partition coefficient (Wildman–Crippen LogP) is 0.0347. The zero-order chi connectivity index (χ0) is 14.1. The molecule has 1 aromatic carbocycles. The maximum atomic E-state index is 12.6. The highest BCUT2D eigenvalue weighted by Crippen LogP contribution is 2.25. The Morgan fingerprint density at radius 2 is 2.00 bits per heavy atom. The van der Waals surface area contributed by atoms with Crippen LogP contribution in [-0.2, 0) is 22.6 Å². The molecule has 0 unspecified atom stereocenters. The number of rotatable bonds is 2. The minimum absolute atomic E-state index is 0.0258. The molecule has 2 amide bonds. The lowest BCUT2D eigenvalue weighted by molar-refractivity contribution is -0.143. The first-order valence-corrected chi connectivity index (χ1v) is 7.04. The average molecular weight is 273 g/mol. The Labute approximate surface area is 118 Å². The lowest BCUT2D eigenvalue weighted by Crippen LogP contribution is -2.53. The van der Waals surface area contributed by atoms with Crippen molar-refractivity contribution in [3.63, 3.8) is 0 Å². The topological polar surface area (TPSA) is 75.4 Å². The van der Waals surface area contributed by atoms with E-state index in [0.29, 0.717) is 19.5 Å². The summed E-state index contributed by atoms with van der Waals surface area (Å²) in [6.07, 6.45) is 1.36. The number of benzene rings is 1. The predicted molar refractivity (Wildman–Crippen MR) is 74.7 cm³/mol. The highest BCUT2D eigenvalue weighted by Gasteiger charge is 2.36. The highest BCUT2D eigenvalue weighted by molar-refractivity contribution is 5.88. The van der Waals surface area contributed by atoms with Gasteiger partial charge in [0, 0.05) is 19.5 Å². The van der Waals surface area contributed by atoms with Crippen LogP contribution < -0.4 is 11.1 Å². The summed E-state index contributed by atoms with van der Waals surface area (Å²) in [6.45, 7) is 2.05. The SMILES string of the molecule is NC(=O)[C@H]1Cc2ccccc2CN1C(=O)[C@@H]1CCNC1. The van der Waals surface area contributed by atoms with Gasteiger partial charge in [-0.15, -0.1) is 0 Å². The fourth-order valence-electron chi connectivity index (χ4n) is 3.11. The number of fused-ring (bicyclic) bond motifs is 1. The van der Waals surface area contributed by atoms with Gasteiger partial charge in [0.05, 0.1) is 5.92 Å². The Balaban J connectivity index is 1.88. The van der Waals surface area contributed by atoms with Crippen molar-refractivity contribution in [3.05, 3.63) is 35.4 Å². The van der Waals surface area contributed by atoms with E-state index in [1.165, 1.54) is 0 Å². The Morgan fingerprint density at radius 3 is 2.65 bits per heavy atom. The first kappa shape index (κ1) is 13.1. The molecule has 0 saturated carbocycles. The molecule has 20 heavy (non-hydrogen) atoms. The van der Waals surface area contributed by atoms with Crippen molar-refractivity contribution in [3.8, 4) is 0 Å². The Kier molecular flexibility index (Phi) is 3.44. The van der Waals surface area contributed by atoms with E-state index in [2.05, 4.69) is 5.32 Å². The third-order valence-corrected chi connectivity index (χ3v) is 4.27. The third-order valence-electron chi connectivity index (χ3n) is 4.27. The van der Waals surface area contributed by atoms with Crippen molar-refractivity contribution >= 4 is 11.8 Å². The molecule has 1 aromatic rings. The smallest absolute Gasteiger partial charge is 0.240 e. The van der Waals surface area contributed by atoms with Gasteiger partial charge in [-0.1, -0.05) is 24.3 Å². The van der Waals surface area contributed by atoms with Crippen LogP contribution in [0.3, 0.4) is 0 Å². The molecule has 2 atom stereocenters. The second kappa shape index (κ2) is 5.25. The van der Waals surface area contributed by atoms with E-state index in [-0.39, 0.29) is 11.8 Å². The lowest BCUT2D eigenvalue weighted by atomic mass is 9.92.